The van der Waals surface area contributed by atoms with Gasteiger partial charge in [0.1, 0.15) is 12.0 Å². The molecular weight excluding hydrogens is 332 g/mol. The number of aromatic nitrogens is 1. The molecule has 0 saturated carbocycles. The zero-order valence-corrected chi connectivity index (χ0v) is 14.0. The molecule has 1 fully saturated rings. The number of hydrogen-bond donors (Lipinski definition) is 5. The Morgan fingerprint density at radius 1 is 0.920 bits per heavy atom. The highest BCUT2D eigenvalue weighted by Crippen LogP contribution is 2.35. The molecule has 1 saturated heterocycles. The summed E-state index contributed by atoms with van der Waals surface area (Å²) in [6, 6.07) is 18.6. The second-order valence-electron chi connectivity index (χ2n) is 5.86. The van der Waals surface area contributed by atoms with Crippen LogP contribution in [0.4, 0.5) is 11.5 Å². The molecule has 1 aliphatic heterocycles. The zero-order valence-electron chi connectivity index (χ0n) is 13.2. The van der Waals surface area contributed by atoms with Crippen molar-refractivity contribution in [2.75, 3.05) is 5.32 Å². The maximum atomic E-state index is 4.90. The van der Waals surface area contributed by atoms with E-state index in [0.717, 1.165) is 28.0 Å². The Labute approximate surface area is 148 Å². The van der Waals surface area contributed by atoms with Crippen molar-refractivity contribution in [3.63, 3.8) is 0 Å². The third-order valence-corrected chi connectivity index (χ3v) is 5.23. The molecule has 0 unspecified atom stereocenters. The van der Waals surface area contributed by atoms with Gasteiger partial charge in [-0.1, -0.05) is 30.3 Å². The molecule has 5 N–H and O–H groups in total. The average Bonchev–Trinajstić information content (AvgIpc) is 3.34. The number of rotatable bonds is 3. The molecule has 5 rings (SSSR count). The number of nitrogens with one attached hydrogen (secondary N) is 5. The molecule has 0 atom stereocenters. The summed E-state index contributed by atoms with van der Waals surface area (Å²) in [5, 5.41) is 7.89. The maximum Gasteiger partial charge on any atom is 0.139 e. The van der Waals surface area contributed by atoms with Crippen LogP contribution < -0.4 is 27.2 Å². The molecule has 4 aromatic rings. The summed E-state index contributed by atoms with van der Waals surface area (Å²) in [7, 11) is 0. The van der Waals surface area contributed by atoms with Gasteiger partial charge in [0.2, 0.25) is 0 Å². The molecule has 0 spiro atoms. The van der Waals surface area contributed by atoms with E-state index in [-0.39, 0.29) is 6.17 Å². The topological polar surface area (TPSA) is 73.0 Å². The van der Waals surface area contributed by atoms with Crippen LogP contribution in [0.1, 0.15) is 11.7 Å². The van der Waals surface area contributed by atoms with E-state index in [1.807, 2.05) is 30.3 Å². The van der Waals surface area contributed by atoms with Gasteiger partial charge in [0.15, 0.2) is 0 Å². The highest BCUT2D eigenvalue weighted by molar-refractivity contribution is 7.18. The lowest BCUT2D eigenvalue weighted by atomic mass is 10.1. The number of anilines is 2. The fourth-order valence-electron chi connectivity index (χ4n) is 3.07. The Hall–Kier alpha value is -2.55. The van der Waals surface area contributed by atoms with Crippen molar-refractivity contribution >= 4 is 43.8 Å². The van der Waals surface area contributed by atoms with Crippen LogP contribution in [0.3, 0.4) is 0 Å². The van der Waals surface area contributed by atoms with Crippen LogP contribution in [0.15, 0.2) is 60.0 Å². The smallest absolute Gasteiger partial charge is 0.139 e. The second-order valence-corrected chi connectivity index (χ2v) is 6.78. The lowest BCUT2D eigenvalue weighted by Crippen LogP contribution is -2.33. The van der Waals surface area contributed by atoms with Gasteiger partial charge in [0.05, 0.1) is 5.52 Å². The van der Waals surface area contributed by atoms with E-state index in [0.29, 0.717) is 0 Å². The molecule has 6 nitrogen and oxygen atoms in total. The number of nitrogens with zero attached hydrogens (tertiary/aromatic N) is 1. The summed E-state index contributed by atoms with van der Waals surface area (Å²) in [6.07, 6.45) is -0.00392. The molecule has 0 amide bonds. The molecule has 2 aromatic heterocycles. The first-order chi connectivity index (χ1) is 12.4. The van der Waals surface area contributed by atoms with Gasteiger partial charge in [-0.25, -0.2) is 15.8 Å². The number of pyridine rings is 1. The molecule has 25 heavy (non-hydrogen) atoms. The maximum absolute atomic E-state index is 4.90. The van der Waals surface area contributed by atoms with Gasteiger partial charge in [0, 0.05) is 21.2 Å². The number of thiophene rings is 1. The number of benzene rings is 2. The van der Waals surface area contributed by atoms with Gasteiger partial charge in [-0.15, -0.1) is 11.3 Å². The molecule has 3 heterocycles. The molecule has 0 aliphatic carbocycles. The van der Waals surface area contributed by atoms with Gasteiger partial charge in [-0.05, 0) is 35.2 Å². The predicted molar refractivity (Wildman–Crippen MR) is 102 cm³/mol. The van der Waals surface area contributed by atoms with Crippen LogP contribution >= 0.6 is 11.3 Å². The summed E-state index contributed by atoms with van der Waals surface area (Å²) in [5.41, 5.74) is 15.0. The normalized spacial score (nSPS) is 15.2. The van der Waals surface area contributed by atoms with Crippen LogP contribution in [-0.4, -0.2) is 4.98 Å². The first-order valence-electron chi connectivity index (χ1n) is 8.02. The van der Waals surface area contributed by atoms with Crippen molar-refractivity contribution in [2.24, 2.45) is 0 Å². The quantitative estimate of drug-likeness (QED) is 0.391. The van der Waals surface area contributed by atoms with E-state index in [1.54, 1.807) is 11.3 Å². The molecule has 2 aromatic carbocycles. The minimum atomic E-state index is -0.00392. The lowest BCUT2D eigenvalue weighted by Gasteiger charge is -2.12. The monoisotopic (exact) mass is 348 g/mol. The van der Waals surface area contributed by atoms with Gasteiger partial charge in [-0.2, -0.15) is 11.1 Å². The summed E-state index contributed by atoms with van der Waals surface area (Å²) in [4.78, 5) is 4.90. The van der Waals surface area contributed by atoms with Crippen LogP contribution in [-0.2, 0) is 0 Å². The number of hydrazine groups is 3. The van der Waals surface area contributed by atoms with E-state index in [2.05, 4.69) is 56.9 Å². The molecule has 124 valence electrons. The van der Waals surface area contributed by atoms with Crippen LogP contribution in [0.25, 0.3) is 21.0 Å². The standard InChI is InChI=1S/C18H16N6S/c1-2-4-12(5-3-1)19-18-14-8-9-25-16(14)13-7-6-11(10-15(13)20-18)17-21-23-24-22-17/h1-10,17,21-24H,(H,19,20). The first-order valence-corrected chi connectivity index (χ1v) is 8.90. The van der Waals surface area contributed by atoms with Crippen LogP contribution in [0.2, 0.25) is 0 Å². The highest BCUT2D eigenvalue weighted by atomic mass is 32.1. The zero-order chi connectivity index (χ0) is 16.6. The van der Waals surface area contributed by atoms with Crippen molar-refractivity contribution in [3.8, 4) is 0 Å². The summed E-state index contributed by atoms with van der Waals surface area (Å²) < 4.78 is 1.25. The fraction of sp³-hybridized carbons (Fsp3) is 0.0556. The molecular formula is C18H16N6S. The molecule has 7 heteroatoms. The highest BCUT2D eigenvalue weighted by Gasteiger charge is 2.17. The second kappa shape index (κ2) is 6.07. The average molecular weight is 348 g/mol. The Morgan fingerprint density at radius 3 is 2.60 bits per heavy atom. The molecule has 0 radical (unpaired) electrons. The van der Waals surface area contributed by atoms with Gasteiger partial charge in [0.25, 0.3) is 0 Å². The van der Waals surface area contributed by atoms with E-state index < -0.39 is 0 Å². The van der Waals surface area contributed by atoms with Gasteiger partial charge < -0.3 is 5.32 Å². The third kappa shape index (κ3) is 2.64. The fourth-order valence-corrected chi connectivity index (χ4v) is 4.00. The van der Waals surface area contributed by atoms with Crippen molar-refractivity contribution in [1.82, 2.24) is 26.9 Å². The van der Waals surface area contributed by atoms with Crippen molar-refractivity contribution < 1.29 is 0 Å². The summed E-state index contributed by atoms with van der Waals surface area (Å²) in [5.74, 6) is 0.885. The Balaban J connectivity index is 1.65. The summed E-state index contributed by atoms with van der Waals surface area (Å²) >= 11 is 1.74. The van der Waals surface area contributed by atoms with E-state index >= 15 is 0 Å². The first kappa shape index (κ1) is 14.8. The van der Waals surface area contributed by atoms with E-state index in [1.165, 1.54) is 10.1 Å². The van der Waals surface area contributed by atoms with Crippen molar-refractivity contribution in [2.45, 2.75) is 6.17 Å². The number of fused-ring (bicyclic) bond motifs is 3. The SMILES string of the molecule is c1ccc(Nc2nc3cc(C4NNNN4)ccc3c3sccc23)cc1. The molecule has 1 aliphatic rings. The summed E-state index contributed by atoms with van der Waals surface area (Å²) in [6.45, 7) is 0. The van der Waals surface area contributed by atoms with Crippen molar-refractivity contribution in [1.29, 1.82) is 0 Å². The lowest BCUT2D eigenvalue weighted by molar-refractivity contribution is 0.555. The van der Waals surface area contributed by atoms with Crippen LogP contribution in [0.5, 0.6) is 0 Å². The van der Waals surface area contributed by atoms with Gasteiger partial charge in [-0.3, -0.25) is 0 Å². The minimum Gasteiger partial charge on any atom is -0.340 e. The van der Waals surface area contributed by atoms with Crippen LogP contribution in [0, 0.1) is 0 Å². The predicted octanol–water partition coefficient (Wildman–Crippen LogP) is 3.31. The Morgan fingerprint density at radius 2 is 1.76 bits per heavy atom. The number of hydrogen-bond acceptors (Lipinski definition) is 7. The Bertz CT molecular complexity index is 1040. The minimum absolute atomic E-state index is 0.00392. The van der Waals surface area contributed by atoms with E-state index in [4.69, 9.17) is 4.98 Å². The molecule has 0 bridgehead atoms. The third-order valence-electron chi connectivity index (χ3n) is 4.28. The largest absolute Gasteiger partial charge is 0.340 e. The van der Waals surface area contributed by atoms with E-state index in [9.17, 15) is 0 Å². The van der Waals surface area contributed by atoms with Gasteiger partial charge >= 0.3 is 0 Å². The van der Waals surface area contributed by atoms with Crippen molar-refractivity contribution in [3.05, 3.63) is 65.5 Å². The Kier molecular flexibility index (Phi) is 3.58. The number of para-hydroxylation sites is 1.